The molecule has 0 heterocycles. The normalized spacial score (nSPS) is 14.2. The molecule has 0 aliphatic heterocycles. The van der Waals surface area contributed by atoms with Crippen molar-refractivity contribution in [2.24, 2.45) is 11.8 Å². The summed E-state index contributed by atoms with van der Waals surface area (Å²) in [5.41, 5.74) is 0. The van der Waals surface area contributed by atoms with Crippen molar-refractivity contribution in [2.75, 3.05) is 20.2 Å². The number of carbonyl (C=O) groups excluding carboxylic acids is 2. The minimum absolute atomic E-state index is 0.0531. The Labute approximate surface area is 103 Å². The predicted molar refractivity (Wildman–Crippen MR) is 66.5 cm³/mol. The van der Waals surface area contributed by atoms with Gasteiger partial charge >= 0.3 is 5.97 Å². The largest absolute Gasteiger partial charge is 0.469 e. The molecule has 0 fully saturated rings. The lowest BCUT2D eigenvalue weighted by Gasteiger charge is -2.19. The van der Waals surface area contributed by atoms with Crippen LogP contribution >= 0.6 is 0 Å². The maximum atomic E-state index is 11.4. The molecule has 0 bridgehead atoms. The number of esters is 1. The van der Waals surface area contributed by atoms with Gasteiger partial charge in [-0.1, -0.05) is 20.8 Å². The van der Waals surface area contributed by atoms with Crippen molar-refractivity contribution in [1.29, 1.82) is 0 Å². The van der Waals surface area contributed by atoms with Crippen molar-refractivity contribution < 1.29 is 14.3 Å². The van der Waals surface area contributed by atoms with Crippen LogP contribution in [0.2, 0.25) is 0 Å². The third-order valence-corrected chi connectivity index (χ3v) is 2.62. The van der Waals surface area contributed by atoms with E-state index in [1.165, 1.54) is 7.11 Å². The summed E-state index contributed by atoms with van der Waals surface area (Å²) in [7, 11) is 1.36. The summed E-state index contributed by atoms with van der Waals surface area (Å²) in [6, 6.07) is -0.0905. The summed E-state index contributed by atoms with van der Waals surface area (Å²) < 4.78 is 4.64. The summed E-state index contributed by atoms with van der Waals surface area (Å²) in [5, 5.41) is 5.81. The molecule has 17 heavy (non-hydrogen) atoms. The third-order valence-electron chi connectivity index (χ3n) is 2.62. The van der Waals surface area contributed by atoms with Gasteiger partial charge in [-0.3, -0.25) is 9.59 Å². The van der Waals surface area contributed by atoms with Crippen LogP contribution in [0.1, 0.15) is 27.7 Å². The Hall–Kier alpha value is -1.10. The van der Waals surface area contributed by atoms with Crippen LogP contribution in [-0.2, 0) is 14.3 Å². The Bertz CT molecular complexity index is 254. The molecular weight excluding hydrogens is 220 g/mol. The first kappa shape index (κ1) is 15.9. The van der Waals surface area contributed by atoms with E-state index in [1.807, 2.05) is 20.8 Å². The molecular formula is C12H24N2O3. The average molecular weight is 244 g/mol. The SMILES string of the molecule is COC(=O)C(C)C(C)NCC(=O)NCC(C)C. The molecule has 0 aliphatic rings. The van der Waals surface area contributed by atoms with E-state index in [9.17, 15) is 9.59 Å². The molecule has 0 aromatic rings. The van der Waals surface area contributed by atoms with Gasteiger partial charge in [-0.2, -0.15) is 0 Å². The minimum atomic E-state index is -0.271. The Kier molecular flexibility index (Phi) is 7.54. The van der Waals surface area contributed by atoms with E-state index in [2.05, 4.69) is 15.4 Å². The quantitative estimate of drug-likeness (QED) is 0.642. The fourth-order valence-electron chi connectivity index (χ4n) is 1.20. The van der Waals surface area contributed by atoms with Gasteiger partial charge < -0.3 is 15.4 Å². The maximum absolute atomic E-state index is 11.4. The fourth-order valence-corrected chi connectivity index (χ4v) is 1.20. The van der Waals surface area contributed by atoms with Crippen LogP contribution < -0.4 is 10.6 Å². The van der Waals surface area contributed by atoms with Gasteiger partial charge in [0.05, 0.1) is 19.6 Å². The van der Waals surface area contributed by atoms with Crippen molar-refractivity contribution in [3.63, 3.8) is 0 Å². The van der Waals surface area contributed by atoms with E-state index in [-0.39, 0.29) is 30.4 Å². The van der Waals surface area contributed by atoms with Crippen LogP contribution in [0.25, 0.3) is 0 Å². The van der Waals surface area contributed by atoms with Crippen molar-refractivity contribution in [3.8, 4) is 0 Å². The second kappa shape index (κ2) is 8.06. The van der Waals surface area contributed by atoms with Gasteiger partial charge in [-0.25, -0.2) is 0 Å². The number of nitrogens with one attached hydrogen (secondary N) is 2. The highest BCUT2D eigenvalue weighted by Crippen LogP contribution is 2.03. The lowest BCUT2D eigenvalue weighted by atomic mass is 10.0. The van der Waals surface area contributed by atoms with E-state index >= 15 is 0 Å². The molecule has 0 saturated heterocycles. The van der Waals surface area contributed by atoms with Gasteiger partial charge in [0.15, 0.2) is 0 Å². The van der Waals surface area contributed by atoms with Gasteiger partial charge in [0, 0.05) is 12.6 Å². The molecule has 1 amide bonds. The molecule has 0 saturated carbocycles. The highest BCUT2D eigenvalue weighted by molar-refractivity contribution is 5.78. The summed E-state index contributed by atoms with van der Waals surface area (Å²) in [6.45, 7) is 8.59. The second-order valence-corrected chi connectivity index (χ2v) is 4.68. The lowest BCUT2D eigenvalue weighted by Crippen LogP contribution is -2.43. The zero-order valence-corrected chi connectivity index (χ0v) is 11.4. The fraction of sp³-hybridized carbons (Fsp3) is 0.833. The van der Waals surface area contributed by atoms with Crippen molar-refractivity contribution in [2.45, 2.75) is 33.7 Å². The molecule has 100 valence electrons. The number of methoxy groups -OCH3 is 1. The van der Waals surface area contributed by atoms with Gasteiger partial charge in [-0.05, 0) is 12.8 Å². The molecule has 0 spiro atoms. The predicted octanol–water partition coefficient (Wildman–Crippen LogP) is 0.546. The lowest BCUT2D eigenvalue weighted by molar-refractivity contribution is -0.145. The highest BCUT2D eigenvalue weighted by Gasteiger charge is 2.20. The number of carbonyl (C=O) groups is 2. The van der Waals surface area contributed by atoms with Gasteiger partial charge in [0.25, 0.3) is 0 Å². The van der Waals surface area contributed by atoms with E-state index in [0.29, 0.717) is 12.5 Å². The second-order valence-electron chi connectivity index (χ2n) is 4.68. The first-order chi connectivity index (χ1) is 7.88. The average Bonchev–Trinajstić information content (AvgIpc) is 2.31. The highest BCUT2D eigenvalue weighted by atomic mass is 16.5. The smallest absolute Gasteiger partial charge is 0.309 e. The summed E-state index contributed by atoms with van der Waals surface area (Å²) in [6.07, 6.45) is 0. The number of hydrogen-bond donors (Lipinski definition) is 2. The molecule has 0 aromatic heterocycles. The maximum Gasteiger partial charge on any atom is 0.309 e. The molecule has 2 atom stereocenters. The molecule has 5 heteroatoms. The molecule has 2 unspecified atom stereocenters. The van der Waals surface area contributed by atoms with Gasteiger partial charge in [0.1, 0.15) is 0 Å². The van der Waals surface area contributed by atoms with Gasteiger partial charge in [-0.15, -0.1) is 0 Å². The molecule has 2 N–H and O–H groups in total. The van der Waals surface area contributed by atoms with Crippen LogP contribution in [0.15, 0.2) is 0 Å². The zero-order chi connectivity index (χ0) is 13.4. The van der Waals surface area contributed by atoms with Crippen LogP contribution in [0.3, 0.4) is 0 Å². The van der Waals surface area contributed by atoms with Crippen LogP contribution in [0.5, 0.6) is 0 Å². The number of hydrogen-bond acceptors (Lipinski definition) is 4. The van der Waals surface area contributed by atoms with Crippen molar-refractivity contribution in [1.82, 2.24) is 10.6 Å². The number of amides is 1. The molecule has 0 aliphatic carbocycles. The standard InChI is InChI=1S/C12H24N2O3/c1-8(2)6-14-11(15)7-13-10(4)9(3)12(16)17-5/h8-10,13H,6-7H2,1-5H3,(H,14,15). The van der Waals surface area contributed by atoms with E-state index in [4.69, 9.17) is 0 Å². The Morgan fingerprint density at radius 3 is 2.24 bits per heavy atom. The third kappa shape index (κ3) is 6.94. The Morgan fingerprint density at radius 1 is 1.18 bits per heavy atom. The van der Waals surface area contributed by atoms with Crippen LogP contribution in [0.4, 0.5) is 0 Å². The Morgan fingerprint density at radius 2 is 1.76 bits per heavy atom. The van der Waals surface area contributed by atoms with Crippen LogP contribution in [0, 0.1) is 11.8 Å². The number of rotatable bonds is 7. The van der Waals surface area contributed by atoms with E-state index in [1.54, 1.807) is 6.92 Å². The zero-order valence-electron chi connectivity index (χ0n) is 11.4. The van der Waals surface area contributed by atoms with E-state index < -0.39 is 0 Å². The van der Waals surface area contributed by atoms with Crippen molar-refractivity contribution in [3.05, 3.63) is 0 Å². The van der Waals surface area contributed by atoms with Gasteiger partial charge in [0.2, 0.25) is 5.91 Å². The topological polar surface area (TPSA) is 67.4 Å². The minimum Gasteiger partial charge on any atom is -0.469 e. The molecule has 0 aromatic carbocycles. The first-order valence-electron chi connectivity index (χ1n) is 5.96. The summed E-state index contributed by atoms with van der Waals surface area (Å²) in [4.78, 5) is 22.7. The Balaban J connectivity index is 3.87. The summed E-state index contributed by atoms with van der Waals surface area (Å²) >= 11 is 0. The first-order valence-corrected chi connectivity index (χ1v) is 5.96. The van der Waals surface area contributed by atoms with Crippen LogP contribution in [-0.4, -0.2) is 38.1 Å². The van der Waals surface area contributed by atoms with E-state index in [0.717, 1.165) is 0 Å². The van der Waals surface area contributed by atoms with Crippen molar-refractivity contribution >= 4 is 11.9 Å². The molecule has 5 nitrogen and oxygen atoms in total. The monoisotopic (exact) mass is 244 g/mol. The molecule has 0 radical (unpaired) electrons. The summed E-state index contributed by atoms with van der Waals surface area (Å²) in [5.74, 6) is -0.154. The molecule has 0 rings (SSSR count). The number of ether oxygens (including phenoxy) is 1.